The number of unbranched alkanes of at least 4 members (excludes halogenated alkanes) is 2. The molecule has 3 aromatic carbocycles. The molecule has 0 spiro atoms. The van der Waals surface area contributed by atoms with Gasteiger partial charge in [-0.25, -0.2) is 33.9 Å². The molecule has 15 heteroatoms. The second-order valence-electron chi connectivity index (χ2n) is 12.5. The third-order valence-electron chi connectivity index (χ3n) is 8.31. The van der Waals surface area contributed by atoms with E-state index in [1.807, 2.05) is 0 Å². The average molecular weight is 753 g/mol. The monoisotopic (exact) mass is 752 g/mol. The van der Waals surface area contributed by atoms with Gasteiger partial charge in [-0.2, -0.15) is 4.98 Å². The van der Waals surface area contributed by atoms with Crippen LogP contribution in [-0.4, -0.2) is 98.5 Å². The van der Waals surface area contributed by atoms with E-state index in [4.69, 9.17) is 23.9 Å². The predicted octanol–water partition coefficient (Wildman–Crippen LogP) is 6.24. The van der Waals surface area contributed by atoms with Gasteiger partial charge < -0.3 is 29.0 Å². The van der Waals surface area contributed by atoms with Gasteiger partial charge in [0.25, 0.3) is 6.01 Å². The fourth-order valence-corrected chi connectivity index (χ4v) is 6.50. The molecule has 4 atom stereocenters. The van der Waals surface area contributed by atoms with Crippen LogP contribution < -0.4 is 0 Å². The van der Waals surface area contributed by atoms with Crippen molar-refractivity contribution in [2.24, 2.45) is 4.99 Å². The van der Waals surface area contributed by atoms with Gasteiger partial charge in [-0.05, 0) is 42.8 Å². The van der Waals surface area contributed by atoms with Crippen LogP contribution in [0, 0.1) is 0 Å². The zero-order valence-corrected chi connectivity index (χ0v) is 30.8. The highest BCUT2D eigenvalue weighted by Crippen LogP contribution is 2.40. The van der Waals surface area contributed by atoms with Gasteiger partial charge >= 0.3 is 17.9 Å². The molecule has 14 nitrogen and oxygen atoms in total. The maximum atomic E-state index is 13.7. The van der Waals surface area contributed by atoms with Crippen molar-refractivity contribution in [2.45, 2.75) is 55.9 Å². The molecule has 54 heavy (non-hydrogen) atoms. The van der Waals surface area contributed by atoms with E-state index in [0.29, 0.717) is 10.7 Å². The number of esters is 3. The predicted molar refractivity (Wildman–Crippen MR) is 201 cm³/mol. The number of aliphatic imine (C=N–C) groups is 1. The zero-order chi connectivity index (χ0) is 38.0. The summed E-state index contributed by atoms with van der Waals surface area (Å²) in [6, 6.07) is 24.3. The summed E-state index contributed by atoms with van der Waals surface area (Å²) in [6.45, 7) is 1.71. The van der Waals surface area contributed by atoms with Crippen molar-refractivity contribution in [3.05, 3.63) is 108 Å². The zero-order valence-electron chi connectivity index (χ0n) is 30.0. The van der Waals surface area contributed by atoms with Crippen molar-refractivity contribution in [1.82, 2.24) is 24.4 Å². The molecule has 1 saturated heterocycles. The first-order valence-electron chi connectivity index (χ1n) is 17.5. The summed E-state index contributed by atoms with van der Waals surface area (Å²) in [7, 11) is 3.61. The van der Waals surface area contributed by atoms with E-state index in [9.17, 15) is 19.5 Å². The minimum Gasteiger partial charge on any atom is -0.480 e. The van der Waals surface area contributed by atoms with E-state index in [1.165, 1.54) is 16.3 Å². The molecule has 0 amide bonds. The lowest BCUT2D eigenvalue weighted by Crippen LogP contribution is -2.41. The van der Waals surface area contributed by atoms with Crippen molar-refractivity contribution in [3.63, 3.8) is 0 Å². The Balaban J connectivity index is 1.45. The smallest absolute Gasteiger partial charge is 0.338 e. The Kier molecular flexibility index (Phi) is 12.5. The maximum absolute atomic E-state index is 13.7. The molecule has 1 aliphatic heterocycles. The Morgan fingerprint density at radius 3 is 1.98 bits per heavy atom. The number of ether oxygens (including phenoxy) is 4. The number of carbonyl (C=O) groups is 3. The van der Waals surface area contributed by atoms with Gasteiger partial charge in [0.15, 0.2) is 40.6 Å². The lowest BCUT2D eigenvalue weighted by Gasteiger charge is -2.25. The Labute approximate surface area is 316 Å². The molecule has 0 aliphatic carbocycles. The molecular weight excluding hydrogens is 713 g/mol. The van der Waals surface area contributed by atoms with Crippen LogP contribution in [-0.2, 0) is 18.9 Å². The highest BCUT2D eigenvalue weighted by molar-refractivity contribution is 7.99. The number of thioether (sulfide) groups is 1. The number of hydrogen-bond acceptors (Lipinski definition) is 13. The molecular formula is C39H40N6O8S. The van der Waals surface area contributed by atoms with Crippen LogP contribution in [0.3, 0.4) is 0 Å². The van der Waals surface area contributed by atoms with E-state index in [-0.39, 0.29) is 28.1 Å². The summed E-state index contributed by atoms with van der Waals surface area (Å²) in [5.41, 5.74) is 1.02. The molecule has 1 N–H and O–H groups in total. The molecule has 0 unspecified atom stereocenters. The van der Waals surface area contributed by atoms with Crippen LogP contribution in [0.1, 0.15) is 63.5 Å². The molecule has 5 aromatic rings. The van der Waals surface area contributed by atoms with E-state index >= 15 is 0 Å². The van der Waals surface area contributed by atoms with Crippen LogP contribution >= 0.6 is 11.8 Å². The highest BCUT2D eigenvalue weighted by Gasteiger charge is 2.52. The molecule has 1 aliphatic rings. The Morgan fingerprint density at radius 1 is 0.833 bits per heavy atom. The molecule has 1 fully saturated rings. The second-order valence-corrected chi connectivity index (χ2v) is 13.6. The van der Waals surface area contributed by atoms with E-state index in [0.717, 1.165) is 25.0 Å². The van der Waals surface area contributed by atoms with Gasteiger partial charge in [0, 0.05) is 19.8 Å². The van der Waals surface area contributed by atoms with E-state index < -0.39 is 55.1 Å². The fourth-order valence-electron chi connectivity index (χ4n) is 5.67. The van der Waals surface area contributed by atoms with Crippen LogP contribution in [0.4, 0.5) is 5.82 Å². The topological polar surface area (TPSA) is 168 Å². The van der Waals surface area contributed by atoms with Gasteiger partial charge in [0.2, 0.25) is 0 Å². The molecule has 3 heterocycles. The van der Waals surface area contributed by atoms with Crippen molar-refractivity contribution in [3.8, 4) is 6.01 Å². The fraction of sp³-hybridized carbons (Fsp3) is 0.308. The maximum Gasteiger partial charge on any atom is 0.338 e. The Morgan fingerprint density at radius 2 is 1.41 bits per heavy atom. The number of carbonyl (C=O) groups excluding carboxylic acids is 3. The average Bonchev–Trinajstić information content (AvgIpc) is 3.70. The van der Waals surface area contributed by atoms with Crippen molar-refractivity contribution < 1.29 is 38.4 Å². The normalized spacial score (nSPS) is 18.1. The lowest BCUT2D eigenvalue weighted by atomic mass is 10.1. The quantitative estimate of drug-likeness (QED) is 0.0243. The third kappa shape index (κ3) is 9.04. The number of fused-ring (bicyclic) bond motifs is 1. The number of aromatic nitrogens is 4. The lowest BCUT2D eigenvalue weighted by molar-refractivity contribution is -0.0629. The Hall–Kier alpha value is -5.80. The number of rotatable bonds is 15. The van der Waals surface area contributed by atoms with Gasteiger partial charge in [-0.15, -0.1) is 0 Å². The largest absolute Gasteiger partial charge is 0.480 e. The van der Waals surface area contributed by atoms with Crippen molar-refractivity contribution >= 4 is 53.0 Å². The summed E-state index contributed by atoms with van der Waals surface area (Å²) in [5, 5.41) is 11.9. The molecule has 2 aromatic heterocycles. The van der Waals surface area contributed by atoms with Crippen LogP contribution in [0.25, 0.3) is 11.2 Å². The molecule has 0 radical (unpaired) electrons. The van der Waals surface area contributed by atoms with Gasteiger partial charge in [-0.3, -0.25) is 0 Å². The van der Waals surface area contributed by atoms with Gasteiger partial charge in [0.1, 0.15) is 12.7 Å². The van der Waals surface area contributed by atoms with Gasteiger partial charge in [0.05, 0.1) is 23.0 Å². The number of nitrogens with zero attached hydrogens (tertiary/aromatic N) is 6. The number of hydrogen-bond donors (Lipinski definition) is 1. The standard InChI is InChI=1S/C39H40N6O8S/c1-4-5-15-22-54-38-42-32(40-24-44(2)3)29-33(43-38)45(39(49)41-29)34-31(53-37(48)27-20-13-8-14-21-27)30(52-36(47)26-18-11-7-12-19-26)28(51-34)23-50-35(46)25-16-9-6-10-17-25/h6-14,16-21,24,28,30-31,34H,4-5,15,22-23H2,1-3H3,(H,41,49)/b40-24+/t28-,30-,31-,34-/m1/s1. The van der Waals surface area contributed by atoms with Crippen molar-refractivity contribution in [1.29, 1.82) is 0 Å². The highest BCUT2D eigenvalue weighted by atomic mass is 32.2. The van der Waals surface area contributed by atoms with E-state index in [2.05, 4.69) is 21.9 Å². The summed E-state index contributed by atoms with van der Waals surface area (Å²) in [6.07, 6.45) is -0.749. The number of aromatic hydroxyl groups is 1. The van der Waals surface area contributed by atoms with E-state index in [1.54, 1.807) is 116 Å². The molecule has 0 bridgehead atoms. The summed E-state index contributed by atoms with van der Waals surface area (Å²) in [5.74, 6) is -1.21. The summed E-state index contributed by atoms with van der Waals surface area (Å²) >= 11 is 1.42. The van der Waals surface area contributed by atoms with Crippen LogP contribution in [0.5, 0.6) is 6.01 Å². The summed E-state index contributed by atoms with van der Waals surface area (Å²) < 4.78 is 25.6. The first-order chi connectivity index (χ1) is 26.2. The minimum atomic E-state index is -1.40. The molecule has 6 rings (SSSR count). The third-order valence-corrected chi connectivity index (χ3v) is 9.24. The van der Waals surface area contributed by atoms with Crippen LogP contribution in [0.15, 0.2) is 101 Å². The van der Waals surface area contributed by atoms with Crippen molar-refractivity contribution in [2.75, 3.05) is 26.5 Å². The SMILES string of the molecule is CCCCCSc1nc(/N=C/N(C)C)c2nc(O)n([C@@H]3O[C@H](COC(=O)c4ccccc4)[C@@H](OC(=O)c4ccccc4)[C@H]3OC(=O)c3ccccc3)c2n1. The van der Waals surface area contributed by atoms with Crippen LogP contribution in [0.2, 0.25) is 0 Å². The summed E-state index contributed by atoms with van der Waals surface area (Å²) in [4.78, 5) is 60.4. The molecule has 0 saturated carbocycles. The Bertz CT molecular complexity index is 2080. The minimum absolute atomic E-state index is 0.132. The first-order valence-corrected chi connectivity index (χ1v) is 18.4. The molecule has 280 valence electrons. The number of benzene rings is 3. The number of imidazole rings is 1. The second kappa shape index (κ2) is 17.8. The first kappa shape index (κ1) is 37.9. The van der Waals surface area contributed by atoms with Gasteiger partial charge in [-0.1, -0.05) is 86.1 Å².